The highest BCUT2D eigenvalue weighted by molar-refractivity contribution is 5.95. The summed E-state index contributed by atoms with van der Waals surface area (Å²) in [5.41, 5.74) is 1.75. The van der Waals surface area contributed by atoms with Gasteiger partial charge in [-0.1, -0.05) is 26.8 Å². The summed E-state index contributed by atoms with van der Waals surface area (Å²) in [4.78, 5) is 82.3. The molecule has 1 fully saturated rings. The van der Waals surface area contributed by atoms with Crippen LogP contribution >= 0.6 is 0 Å². The molecule has 2 aromatic carbocycles. The van der Waals surface area contributed by atoms with Gasteiger partial charge < -0.3 is 54.4 Å². The van der Waals surface area contributed by atoms with E-state index in [-0.39, 0.29) is 55.3 Å². The number of carboxylic acid groups (broad SMARTS) is 1. The van der Waals surface area contributed by atoms with E-state index in [1.54, 1.807) is 46.9 Å². The molecule has 1 aliphatic carbocycles. The molecule has 8 rings (SSSR count). The van der Waals surface area contributed by atoms with E-state index >= 15 is 4.39 Å². The third kappa shape index (κ3) is 7.60. The SMILES string of the molecule is CC[C@@]1(O)C(=O)OCc2c1cc1n(c2=O)Cc2c-1nc1cc(F)c(C)c3c1c2[C@@H](NC(=O)OCc1ccc(O[C@@H]2OC(C(=O)O)[C@@H](C)[C@H](C)C2OC(C)=O)c(NC(=O)CNC)c1)CC3. The zero-order valence-electron chi connectivity index (χ0n) is 36.0. The second-order valence-corrected chi connectivity index (χ2v) is 16.7. The van der Waals surface area contributed by atoms with Gasteiger partial charge in [-0.05, 0) is 79.6 Å². The molecule has 7 atom stereocenters. The molecule has 0 radical (unpaired) electrons. The number of nitrogens with one attached hydrogen (secondary N) is 3. The molecule has 0 spiro atoms. The van der Waals surface area contributed by atoms with Crippen molar-refractivity contribution in [2.24, 2.45) is 11.8 Å². The number of aliphatic carboxylic acids is 1. The number of pyridine rings is 2. The number of carbonyl (C=O) groups is 5. The van der Waals surface area contributed by atoms with Crippen molar-refractivity contribution in [2.45, 2.75) is 104 Å². The Morgan fingerprint density at radius 1 is 1.08 bits per heavy atom. The zero-order valence-corrected chi connectivity index (χ0v) is 36.0. The number of rotatable bonds is 11. The Morgan fingerprint density at radius 2 is 1.84 bits per heavy atom. The number of esters is 2. The summed E-state index contributed by atoms with van der Waals surface area (Å²) in [7, 11) is 1.58. The van der Waals surface area contributed by atoms with E-state index in [2.05, 4.69) is 16.0 Å². The Balaban J connectivity index is 1.08. The Labute approximate surface area is 365 Å². The number of halogens is 1. The molecule has 3 aliphatic heterocycles. The number of ether oxygens (including phenoxy) is 5. The molecule has 0 saturated carbocycles. The smallest absolute Gasteiger partial charge is 0.407 e. The summed E-state index contributed by atoms with van der Waals surface area (Å²) >= 11 is 0. The predicted octanol–water partition coefficient (Wildman–Crippen LogP) is 3.99. The fraction of sp³-hybridized carbons (Fsp3) is 0.444. The van der Waals surface area contributed by atoms with Gasteiger partial charge in [-0.15, -0.1) is 0 Å². The van der Waals surface area contributed by atoms with Gasteiger partial charge in [0.15, 0.2) is 17.8 Å². The summed E-state index contributed by atoms with van der Waals surface area (Å²) in [6.07, 6.45) is -3.73. The molecule has 5 N–H and O–H groups in total. The number of aromatic nitrogens is 2. The number of hydrogen-bond acceptors (Lipinski definition) is 14. The number of likely N-dealkylation sites (N-methyl/N-ethyl adjacent to an activating group) is 1. The Morgan fingerprint density at radius 3 is 2.55 bits per heavy atom. The number of cyclic esters (lactones) is 1. The van der Waals surface area contributed by atoms with Crippen molar-refractivity contribution < 1.29 is 62.3 Å². The number of hydrogen-bond donors (Lipinski definition) is 5. The fourth-order valence-electron chi connectivity index (χ4n) is 9.28. The first-order valence-corrected chi connectivity index (χ1v) is 21.0. The van der Waals surface area contributed by atoms with E-state index in [1.807, 2.05) is 0 Å². The highest BCUT2D eigenvalue weighted by Gasteiger charge is 2.48. The van der Waals surface area contributed by atoms with E-state index in [0.29, 0.717) is 57.4 Å². The van der Waals surface area contributed by atoms with Crippen molar-refractivity contribution in [3.8, 4) is 17.1 Å². The molecular weight excluding hydrogens is 838 g/mol. The van der Waals surface area contributed by atoms with Crippen LogP contribution in [0.4, 0.5) is 14.9 Å². The summed E-state index contributed by atoms with van der Waals surface area (Å²) in [5, 5.41) is 30.4. The van der Waals surface area contributed by atoms with Crippen LogP contribution in [0.2, 0.25) is 0 Å². The zero-order chi connectivity index (χ0) is 45.9. The Kier molecular flexibility index (Phi) is 11.7. The van der Waals surface area contributed by atoms with Crippen molar-refractivity contribution in [3.63, 3.8) is 0 Å². The lowest BCUT2D eigenvalue weighted by Crippen LogP contribution is -2.55. The summed E-state index contributed by atoms with van der Waals surface area (Å²) in [5.74, 6) is -4.59. The van der Waals surface area contributed by atoms with Gasteiger partial charge in [0.1, 0.15) is 24.8 Å². The van der Waals surface area contributed by atoms with Crippen molar-refractivity contribution >= 4 is 46.5 Å². The van der Waals surface area contributed by atoms with Gasteiger partial charge in [0.05, 0.1) is 47.3 Å². The maximum Gasteiger partial charge on any atom is 0.407 e. The van der Waals surface area contributed by atoms with Crippen molar-refractivity contribution in [1.29, 1.82) is 0 Å². The van der Waals surface area contributed by atoms with Crippen LogP contribution in [0.5, 0.6) is 5.75 Å². The molecule has 4 aromatic rings. The average molecular weight is 886 g/mol. The second kappa shape index (κ2) is 16.9. The molecule has 18 nitrogen and oxygen atoms in total. The normalized spacial score (nSPS) is 24.2. The quantitative estimate of drug-likeness (QED) is 0.0931. The van der Waals surface area contributed by atoms with Crippen LogP contribution in [0.15, 0.2) is 35.1 Å². The number of alkyl carbamates (subject to hydrolysis) is 1. The lowest BCUT2D eigenvalue weighted by atomic mass is 9.81. The van der Waals surface area contributed by atoms with E-state index in [9.17, 15) is 39.0 Å². The van der Waals surface area contributed by atoms with Crippen LogP contribution in [-0.4, -0.2) is 81.8 Å². The van der Waals surface area contributed by atoms with E-state index in [4.69, 9.17) is 28.7 Å². The summed E-state index contributed by atoms with van der Waals surface area (Å²) in [6.45, 7) is 7.29. The van der Waals surface area contributed by atoms with Gasteiger partial charge in [-0.3, -0.25) is 14.4 Å². The van der Waals surface area contributed by atoms with Crippen LogP contribution in [-0.2, 0) is 69.9 Å². The molecule has 5 heterocycles. The predicted molar refractivity (Wildman–Crippen MR) is 223 cm³/mol. The largest absolute Gasteiger partial charge is 0.479 e. The first kappa shape index (κ1) is 44.2. The van der Waals surface area contributed by atoms with Crippen LogP contribution in [0, 0.1) is 24.6 Å². The van der Waals surface area contributed by atoms with Gasteiger partial charge in [0.25, 0.3) is 5.56 Å². The first-order chi connectivity index (χ1) is 30.4. The molecule has 338 valence electrons. The third-order valence-electron chi connectivity index (χ3n) is 12.9. The summed E-state index contributed by atoms with van der Waals surface area (Å²) < 4.78 is 45.3. The monoisotopic (exact) mass is 885 g/mol. The van der Waals surface area contributed by atoms with Gasteiger partial charge in [-0.2, -0.15) is 0 Å². The molecule has 2 aromatic heterocycles. The number of aryl methyl sites for hydroxylation is 1. The molecule has 2 amide bonds. The van der Waals surface area contributed by atoms with Crippen molar-refractivity contribution in [1.82, 2.24) is 20.2 Å². The highest BCUT2D eigenvalue weighted by Crippen LogP contribution is 2.46. The van der Waals surface area contributed by atoms with Crippen LogP contribution in [0.3, 0.4) is 0 Å². The lowest BCUT2D eigenvalue weighted by Gasteiger charge is -2.42. The molecule has 64 heavy (non-hydrogen) atoms. The van der Waals surface area contributed by atoms with E-state index in [0.717, 1.165) is 5.56 Å². The molecule has 4 aliphatic rings. The number of amides is 2. The average Bonchev–Trinajstić information content (AvgIpc) is 3.62. The number of nitrogens with zero attached hydrogens (tertiary/aromatic N) is 2. The number of carbonyl (C=O) groups excluding carboxylic acids is 4. The van der Waals surface area contributed by atoms with Gasteiger partial charge >= 0.3 is 24.0 Å². The standard InChI is InChI=1S/C45H48FN5O13/c1-7-45(59)27-13-32-37-25(16-51(32)40(54)26(27)18-60-43(45)57)36-29(10-9-24-21(4)28(46)14-31(49-37)35(24)36)50-44(58)61-17-23-8-11-33(30(12-23)48-34(53)15-47-6)63-42-39(62-22(5)52)20(3)19(2)38(64-42)41(55)56/h8,11-14,19-20,29,38-39,42,47,59H,7,9-10,15-18H2,1-6H3,(H,48,53)(H,50,58)(H,55,56)/t19-,20-,29-,38?,39?,42+,45-/m0/s1. The van der Waals surface area contributed by atoms with Crippen molar-refractivity contribution in [3.05, 3.63) is 85.4 Å². The van der Waals surface area contributed by atoms with Gasteiger partial charge in [-0.25, -0.2) is 23.8 Å². The number of benzene rings is 2. The highest BCUT2D eigenvalue weighted by atomic mass is 19.1. The number of fused-ring (bicyclic) bond motifs is 5. The topological polar surface area (TPSA) is 243 Å². The molecule has 2 unspecified atom stereocenters. The molecular formula is C45H48FN5O13. The minimum Gasteiger partial charge on any atom is -0.479 e. The fourth-order valence-corrected chi connectivity index (χ4v) is 9.28. The minimum absolute atomic E-state index is 0.0433. The first-order valence-electron chi connectivity index (χ1n) is 21.0. The van der Waals surface area contributed by atoms with Crippen LogP contribution < -0.4 is 26.2 Å². The number of carboxylic acids is 1. The molecule has 1 saturated heterocycles. The number of aliphatic hydroxyl groups is 1. The summed E-state index contributed by atoms with van der Waals surface area (Å²) in [6, 6.07) is 6.79. The minimum atomic E-state index is -2.05. The number of anilines is 1. The lowest BCUT2D eigenvalue weighted by molar-refractivity contribution is -0.247. The Bertz CT molecular complexity index is 2700. The maximum absolute atomic E-state index is 15.4. The van der Waals surface area contributed by atoms with Gasteiger partial charge in [0.2, 0.25) is 12.2 Å². The molecule has 0 bridgehead atoms. The second-order valence-electron chi connectivity index (χ2n) is 16.7. The molecule has 19 heteroatoms. The van der Waals surface area contributed by atoms with E-state index < -0.39 is 83.3 Å². The van der Waals surface area contributed by atoms with E-state index in [1.165, 1.54) is 29.7 Å². The Hall–Kier alpha value is -6.44. The maximum atomic E-state index is 15.4. The van der Waals surface area contributed by atoms with Crippen LogP contribution in [0.1, 0.15) is 85.5 Å². The van der Waals surface area contributed by atoms with Gasteiger partial charge in [0, 0.05) is 35.4 Å². The van der Waals surface area contributed by atoms with Crippen LogP contribution in [0.25, 0.3) is 22.3 Å². The van der Waals surface area contributed by atoms with Crippen molar-refractivity contribution in [2.75, 3.05) is 18.9 Å². The third-order valence-corrected chi connectivity index (χ3v) is 12.9.